The second-order valence-electron chi connectivity index (χ2n) is 2.52. The molecule has 0 unspecified atom stereocenters. The molecule has 3 nitrogen and oxygen atoms in total. The molecule has 0 saturated heterocycles. The van der Waals surface area contributed by atoms with Crippen LogP contribution < -0.4 is 11.0 Å². The van der Waals surface area contributed by atoms with Crippen molar-refractivity contribution in [2.24, 2.45) is 0 Å². The van der Waals surface area contributed by atoms with E-state index in [1.807, 2.05) is 0 Å². The first-order chi connectivity index (χ1) is 5.75. The summed E-state index contributed by atoms with van der Waals surface area (Å²) in [5.41, 5.74) is 1.81. The highest BCUT2D eigenvalue weighted by molar-refractivity contribution is 6.33. The smallest absolute Gasteiger partial charge is 0.266 e. The van der Waals surface area contributed by atoms with Crippen LogP contribution in [0.15, 0.2) is 29.2 Å². The van der Waals surface area contributed by atoms with Crippen molar-refractivity contribution in [1.29, 1.82) is 0 Å². The van der Waals surface area contributed by atoms with E-state index < -0.39 is 0 Å². The number of rotatable bonds is 0. The average molecular weight is 156 g/mol. The van der Waals surface area contributed by atoms with Crippen LogP contribution in [0.25, 0.3) is 11.0 Å². The first kappa shape index (κ1) is 7.09. The molecule has 0 atom stereocenters. The van der Waals surface area contributed by atoms with Gasteiger partial charge in [-0.25, -0.2) is 4.98 Å². The molecule has 4 heteroatoms. The van der Waals surface area contributed by atoms with Crippen LogP contribution in [-0.4, -0.2) is 17.8 Å². The van der Waals surface area contributed by atoms with Crippen LogP contribution in [0.2, 0.25) is 0 Å². The molecule has 2 aromatic rings. The van der Waals surface area contributed by atoms with E-state index in [0.717, 1.165) is 5.52 Å². The fourth-order valence-electron chi connectivity index (χ4n) is 1.06. The molecule has 12 heavy (non-hydrogen) atoms. The number of nitrogens with zero attached hydrogens (tertiary/aromatic N) is 1. The number of aromatic nitrogens is 2. The number of hydrogen-bond acceptors (Lipinski definition) is 2. The number of aromatic amines is 1. The molecule has 0 bridgehead atoms. The van der Waals surface area contributed by atoms with Crippen molar-refractivity contribution in [3.63, 3.8) is 0 Å². The highest BCUT2D eigenvalue weighted by Gasteiger charge is 1.93. The summed E-state index contributed by atoms with van der Waals surface area (Å²) in [5, 5.41) is 0. The van der Waals surface area contributed by atoms with E-state index in [0.29, 0.717) is 11.0 Å². The van der Waals surface area contributed by atoms with Crippen molar-refractivity contribution in [1.82, 2.24) is 9.97 Å². The zero-order chi connectivity index (χ0) is 8.55. The Morgan fingerprint density at radius 1 is 1.42 bits per heavy atom. The van der Waals surface area contributed by atoms with Gasteiger partial charge in [0.05, 0.1) is 17.2 Å². The fourth-order valence-corrected chi connectivity index (χ4v) is 1.06. The summed E-state index contributed by atoms with van der Waals surface area (Å²) in [6.45, 7) is 0. The fraction of sp³-hybridized carbons (Fsp3) is 0. The summed E-state index contributed by atoms with van der Waals surface area (Å²) in [7, 11) is 5.52. The van der Waals surface area contributed by atoms with Gasteiger partial charge in [0, 0.05) is 0 Å². The van der Waals surface area contributed by atoms with Crippen molar-refractivity contribution >= 4 is 24.3 Å². The third-order valence-corrected chi connectivity index (χ3v) is 1.60. The van der Waals surface area contributed by atoms with Crippen molar-refractivity contribution < 1.29 is 0 Å². The van der Waals surface area contributed by atoms with Gasteiger partial charge in [0.25, 0.3) is 5.56 Å². The first-order valence-corrected chi connectivity index (χ1v) is 3.50. The third-order valence-electron chi connectivity index (χ3n) is 1.60. The minimum atomic E-state index is -0.215. The lowest BCUT2D eigenvalue weighted by molar-refractivity contribution is 1.22. The van der Waals surface area contributed by atoms with Crippen LogP contribution in [-0.2, 0) is 0 Å². The van der Waals surface area contributed by atoms with Gasteiger partial charge in [-0.2, -0.15) is 0 Å². The van der Waals surface area contributed by atoms with E-state index in [9.17, 15) is 4.79 Å². The minimum Gasteiger partial charge on any atom is -0.319 e. The zero-order valence-corrected chi connectivity index (χ0v) is 6.24. The maximum absolute atomic E-state index is 10.8. The van der Waals surface area contributed by atoms with E-state index in [-0.39, 0.29) is 5.56 Å². The lowest BCUT2D eigenvalue weighted by Gasteiger charge is -1.96. The number of hydrogen-bond donors (Lipinski definition) is 1. The lowest BCUT2D eigenvalue weighted by atomic mass is 9.96. The molecule has 0 aliphatic carbocycles. The van der Waals surface area contributed by atoms with Crippen LogP contribution in [0.5, 0.6) is 0 Å². The van der Waals surface area contributed by atoms with Gasteiger partial charge in [0.2, 0.25) is 0 Å². The highest BCUT2D eigenvalue weighted by Crippen LogP contribution is 2.01. The number of nitrogens with one attached hydrogen (secondary N) is 1. The Labute approximate surface area is 69.9 Å². The van der Waals surface area contributed by atoms with Gasteiger partial charge in [-0.15, -0.1) is 0 Å². The standard InChI is InChI=1S/C8H5BN2O/c9-5-1-2-6-7(3-5)11-8(12)4-10-6/h1-4H,(H,11,12). The van der Waals surface area contributed by atoms with Crippen molar-refractivity contribution in [3.8, 4) is 0 Å². The number of H-pyrrole nitrogens is 1. The van der Waals surface area contributed by atoms with Crippen molar-refractivity contribution in [2.75, 3.05) is 0 Å². The normalized spacial score (nSPS) is 10.3. The SMILES string of the molecule is [B]c1ccc2ncc(=O)[nH]c2c1. The predicted molar refractivity (Wildman–Crippen MR) is 47.8 cm³/mol. The van der Waals surface area contributed by atoms with E-state index >= 15 is 0 Å². The average Bonchev–Trinajstić information content (AvgIpc) is 2.03. The van der Waals surface area contributed by atoms with E-state index in [1.54, 1.807) is 18.2 Å². The quantitative estimate of drug-likeness (QED) is 0.533. The van der Waals surface area contributed by atoms with E-state index in [4.69, 9.17) is 7.85 Å². The zero-order valence-electron chi connectivity index (χ0n) is 6.24. The van der Waals surface area contributed by atoms with E-state index in [1.165, 1.54) is 6.20 Å². The molecule has 2 rings (SSSR count). The summed E-state index contributed by atoms with van der Waals surface area (Å²) >= 11 is 0. The lowest BCUT2D eigenvalue weighted by Crippen LogP contribution is -2.08. The summed E-state index contributed by atoms with van der Waals surface area (Å²) in [6.07, 6.45) is 1.25. The summed E-state index contributed by atoms with van der Waals surface area (Å²) in [5.74, 6) is 0. The summed E-state index contributed by atoms with van der Waals surface area (Å²) in [6, 6.07) is 5.19. The Morgan fingerprint density at radius 3 is 3.08 bits per heavy atom. The Hall–Kier alpha value is -1.58. The van der Waals surface area contributed by atoms with Gasteiger partial charge >= 0.3 is 0 Å². The van der Waals surface area contributed by atoms with Crippen molar-refractivity contribution in [3.05, 3.63) is 34.7 Å². The summed E-state index contributed by atoms with van der Waals surface area (Å²) in [4.78, 5) is 17.4. The Bertz CT molecular complexity index is 478. The molecule has 1 N–H and O–H groups in total. The van der Waals surface area contributed by atoms with Crippen molar-refractivity contribution in [2.45, 2.75) is 0 Å². The van der Waals surface area contributed by atoms with Gasteiger partial charge in [0.15, 0.2) is 0 Å². The van der Waals surface area contributed by atoms with Gasteiger partial charge in [0.1, 0.15) is 7.85 Å². The van der Waals surface area contributed by atoms with Gasteiger partial charge < -0.3 is 4.98 Å². The molecule has 1 heterocycles. The molecule has 0 amide bonds. The van der Waals surface area contributed by atoms with Crippen LogP contribution in [0.1, 0.15) is 0 Å². The largest absolute Gasteiger partial charge is 0.319 e. The topological polar surface area (TPSA) is 45.8 Å². The first-order valence-electron chi connectivity index (χ1n) is 3.50. The Balaban J connectivity index is 2.89. The molecule has 1 aromatic heterocycles. The number of fused-ring (bicyclic) bond motifs is 1. The van der Waals surface area contributed by atoms with Gasteiger partial charge in [-0.05, 0) is 12.1 Å². The van der Waals surface area contributed by atoms with Crippen LogP contribution >= 0.6 is 0 Å². The van der Waals surface area contributed by atoms with Gasteiger partial charge in [-0.3, -0.25) is 4.79 Å². The number of benzene rings is 1. The molecule has 0 aliphatic heterocycles. The Kier molecular flexibility index (Phi) is 1.47. The second-order valence-corrected chi connectivity index (χ2v) is 2.52. The monoisotopic (exact) mass is 156 g/mol. The summed E-state index contributed by atoms with van der Waals surface area (Å²) < 4.78 is 0. The molecule has 0 fully saturated rings. The maximum Gasteiger partial charge on any atom is 0.266 e. The molecule has 56 valence electrons. The Morgan fingerprint density at radius 2 is 2.25 bits per heavy atom. The second kappa shape index (κ2) is 2.48. The molecular weight excluding hydrogens is 151 g/mol. The van der Waals surface area contributed by atoms with Crippen LogP contribution in [0.4, 0.5) is 0 Å². The van der Waals surface area contributed by atoms with Gasteiger partial charge in [-0.1, -0.05) is 11.5 Å². The molecular formula is C8H5BN2O. The van der Waals surface area contributed by atoms with E-state index in [2.05, 4.69) is 9.97 Å². The molecule has 1 aromatic carbocycles. The van der Waals surface area contributed by atoms with Crippen LogP contribution in [0, 0.1) is 0 Å². The maximum atomic E-state index is 10.8. The predicted octanol–water partition coefficient (Wildman–Crippen LogP) is -0.283. The third kappa shape index (κ3) is 1.11. The highest BCUT2D eigenvalue weighted by atomic mass is 16.1. The molecule has 0 aliphatic rings. The molecule has 0 spiro atoms. The molecule has 2 radical (unpaired) electrons. The molecule has 0 saturated carbocycles. The van der Waals surface area contributed by atoms with Crippen LogP contribution in [0.3, 0.4) is 0 Å². The minimum absolute atomic E-state index is 0.215.